The average Bonchev–Trinajstić information content (AvgIpc) is 2.32. The van der Waals surface area contributed by atoms with Gasteiger partial charge >= 0.3 is 0 Å². The van der Waals surface area contributed by atoms with Crippen molar-refractivity contribution in [1.29, 1.82) is 0 Å². The summed E-state index contributed by atoms with van der Waals surface area (Å²) in [4.78, 5) is 0. The highest BCUT2D eigenvalue weighted by Gasteiger charge is 2.21. The Kier molecular flexibility index (Phi) is 4.36. The number of alkyl halides is 1. The van der Waals surface area contributed by atoms with Crippen molar-refractivity contribution in [2.45, 2.75) is 26.1 Å². The van der Waals surface area contributed by atoms with Crippen molar-refractivity contribution in [2.24, 2.45) is 0 Å². The first-order valence-electron chi connectivity index (χ1n) is 6.17. The summed E-state index contributed by atoms with van der Waals surface area (Å²) >= 11 is 11.9. The van der Waals surface area contributed by atoms with E-state index in [1.807, 2.05) is 32.9 Å². The molecule has 0 spiro atoms. The van der Waals surface area contributed by atoms with E-state index >= 15 is 0 Å². The maximum atomic E-state index is 14.0. The van der Waals surface area contributed by atoms with Crippen LogP contribution in [0.2, 0.25) is 5.02 Å². The van der Waals surface area contributed by atoms with Crippen LogP contribution in [0.15, 0.2) is 24.3 Å². The molecule has 0 heterocycles. The van der Waals surface area contributed by atoms with Crippen molar-refractivity contribution < 1.29 is 8.78 Å². The fourth-order valence-electron chi connectivity index (χ4n) is 2.48. The Labute approximate surface area is 127 Å². The van der Waals surface area contributed by atoms with Gasteiger partial charge in [0.2, 0.25) is 0 Å². The molecule has 0 aromatic heterocycles. The number of rotatable bonds is 2. The standard InChI is InChI=1S/C16H14Cl2F2/c1-8-4-9(2)15(10(3)5-8)16(18)11-6-14(20)12(17)7-13(11)19/h4-7,16H,1-3H3. The first-order chi connectivity index (χ1) is 9.31. The second kappa shape index (κ2) is 5.71. The van der Waals surface area contributed by atoms with Crippen LogP contribution in [0.4, 0.5) is 8.78 Å². The van der Waals surface area contributed by atoms with Crippen LogP contribution in [0.3, 0.4) is 0 Å². The molecule has 0 radical (unpaired) electrons. The molecule has 0 saturated carbocycles. The predicted molar refractivity (Wildman–Crippen MR) is 79.7 cm³/mol. The van der Waals surface area contributed by atoms with Crippen LogP contribution in [0.5, 0.6) is 0 Å². The molecule has 1 unspecified atom stereocenters. The van der Waals surface area contributed by atoms with Crippen LogP contribution in [-0.4, -0.2) is 0 Å². The molecule has 0 saturated heterocycles. The Bertz CT molecular complexity index is 643. The first kappa shape index (κ1) is 15.3. The summed E-state index contributed by atoms with van der Waals surface area (Å²) < 4.78 is 27.5. The van der Waals surface area contributed by atoms with Crippen LogP contribution in [0.25, 0.3) is 0 Å². The molecule has 0 amide bonds. The number of aryl methyl sites for hydroxylation is 3. The zero-order chi connectivity index (χ0) is 15.0. The van der Waals surface area contributed by atoms with Crippen LogP contribution in [0.1, 0.15) is 33.2 Å². The van der Waals surface area contributed by atoms with E-state index < -0.39 is 17.0 Å². The highest BCUT2D eigenvalue weighted by atomic mass is 35.5. The summed E-state index contributed by atoms with van der Waals surface area (Å²) in [5, 5.41) is -0.991. The minimum Gasteiger partial charge on any atom is -0.207 e. The Balaban J connectivity index is 2.57. The lowest BCUT2D eigenvalue weighted by atomic mass is 9.93. The Morgan fingerprint density at radius 1 is 0.900 bits per heavy atom. The maximum absolute atomic E-state index is 14.0. The third-order valence-electron chi connectivity index (χ3n) is 3.30. The summed E-state index contributed by atoms with van der Waals surface area (Å²) in [5.41, 5.74) is 3.92. The Morgan fingerprint density at radius 3 is 2.00 bits per heavy atom. The van der Waals surface area contributed by atoms with Crippen LogP contribution < -0.4 is 0 Å². The Morgan fingerprint density at radius 2 is 1.45 bits per heavy atom. The molecule has 20 heavy (non-hydrogen) atoms. The average molecular weight is 315 g/mol. The van der Waals surface area contributed by atoms with Crippen molar-refractivity contribution >= 4 is 23.2 Å². The number of halogens is 4. The van der Waals surface area contributed by atoms with E-state index in [0.717, 1.165) is 34.4 Å². The molecule has 1 atom stereocenters. The van der Waals surface area contributed by atoms with Gasteiger partial charge in [0.25, 0.3) is 0 Å². The smallest absolute Gasteiger partial charge is 0.142 e. The molecule has 2 aromatic carbocycles. The highest BCUT2D eigenvalue weighted by molar-refractivity contribution is 6.30. The molecular formula is C16H14Cl2F2. The molecule has 0 aliphatic carbocycles. The third-order valence-corrected chi connectivity index (χ3v) is 4.05. The normalized spacial score (nSPS) is 12.6. The summed E-state index contributed by atoms with van der Waals surface area (Å²) in [6.45, 7) is 5.80. The van der Waals surface area contributed by atoms with Crippen molar-refractivity contribution in [3.05, 3.63) is 68.7 Å². The molecule has 2 rings (SSSR count). The van der Waals surface area contributed by atoms with E-state index in [0.29, 0.717) is 0 Å². The van der Waals surface area contributed by atoms with E-state index in [2.05, 4.69) is 0 Å². The molecular weight excluding hydrogens is 301 g/mol. The molecule has 0 bridgehead atoms. The molecule has 4 heteroatoms. The highest BCUT2D eigenvalue weighted by Crippen LogP contribution is 2.36. The molecule has 0 aliphatic rings. The van der Waals surface area contributed by atoms with Crippen molar-refractivity contribution in [2.75, 3.05) is 0 Å². The van der Waals surface area contributed by atoms with Gasteiger partial charge in [0, 0.05) is 5.56 Å². The first-order valence-corrected chi connectivity index (χ1v) is 6.99. The van der Waals surface area contributed by atoms with Gasteiger partial charge in [0.05, 0.1) is 10.4 Å². The van der Waals surface area contributed by atoms with Gasteiger partial charge in [0.15, 0.2) is 0 Å². The van der Waals surface area contributed by atoms with Gasteiger partial charge in [-0.15, -0.1) is 11.6 Å². The molecule has 106 valence electrons. The third kappa shape index (κ3) is 2.82. The zero-order valence-corrected chi connectivity index (χ0v) is 12.9. The van der Waals surface area contributed by atoms with E-state index in [9.17, 15) is 8.78 Å². The predicted octanol–water partition coefficient (Wildman–Crippen LogP) is 5.87. The van der Waals surface area contributed by atoms with Gasteiger partial charge in [-0.3, -0.25) is 0 Å². The topological polar surface area (TPSA) is 0 Å². The molecule has 2 aromatic rings. The minimum absolute atomic E-state index is 0.101. The molecule has 0 N–H and O–H groups in total. The summed E-state index contributed by atoms with van der Waals surface area (Å²) in [6, 6.07) is 5.97. The number of hydrogen-bond donors (Lipinski definition) is 0. The lowest BCUT2D eigenvalue weighted by molar-refractivity contribution is 0.587. The SMILES string of the molecule is Cc1cc(C)c(C(Cl)c2cc(F)c(Cl)cc2F)c(C)c1. The lowest BCUT2D eigenvalue weighted by Gasteiger charge is -2.18. The molecule has 0 nitrogen and oxygen atoms in total. The van der Waals surface area contributed by atoms with Gasteiger partial charge in [-0.1, -0.05) is 29.3 Å². The van der Waals surface area contributed by atoms with Gasteiger partial charge in [0.1, 0.15) is 11.6 Å². The van der Waals surface area contributed by atoms with E-state index in [-0.39, 0.29) is 10.6 Å². The van der Waals surface area contributed by atoms with E-state index in [1.54, 1.807) is 0 Å². The van der Waals surface area contributed by atoms with Gasteiger partial charge in [-0.2, -0.15) is 0 Å². The number of benzene rings is 2. The van der Waals surface area contributed by atoms with Gasteiger partial charge in [-0.25, -0.2) is 8.78 Å². The monoisotopic (exact) mass is 314 g/mol. The summed E-state index contributed by atoms with van der Waals surface area (Å²) in [7, 11) is 0. The van der Waals surface area contributed by atoms with Gasteiger partial charge in [-0.05, 0) is 49.6 Å². The largest absolute Gasteiger partial charge is 0.207 e. The van der Waals surface area contributed by atoms with Crippen LogP contribution in [-0.2, 0) is 0 Å². The van der Waals surface area contributed by atoms with Crippen molar-refractivity contribution in [1.82, 2.24) is 0 Å². The molecule has 0 aliphatic heterocycles. The maximum Gasteiger partial charge on any atom is 0.142 e. The lowest BCUT2D eigenvalue weighted by Crippen LogP contribution is -2.03. The fourth-order valence-corrected chi connectivity index (χ4v) is 3.14. The second-order valence-corrected chi connectivity index (χ2v) is 5.81. The van der Waals surface area contributed by atoms with Gasteiger partial charge < -0.3 is 0 Å². The van der Waals surface area contributed by atoms with E-state index in [4.69, 9.17) is 23.2 Å². The Hall–Kier alpha value is -1.12. The fraction of sp³-hybridized carbons (Fsp3) is 0.250. The minimum atomic E-state index is -0.748. The quantitative estimate of drug-likeness (QED) is 0.480. The summed E-state index contributed by atoms with van der Waals surface area (Å²) in [6.07, 6.45) is 0. The van der Waals surface area contributed by atoms with Crippen LogP contribution in [0, 0.1) is 32.4 Å². The zero-order valence-electron chi connectivity index (χ0n) is 11.4. The van der Waals surface area contributed by atoms with Crippen LogP contribution >= 0.6 is 23.2 Å². The van der Waals surface area contributed by atoms with E-state index in [1.165, 1.54) is 0 Å². The molecule has 0 fully saturated rings. The summed E-state index contributed by atoms with van der Waals surface area (Å²) in [5.74, 6) is -1.27. The second-order valence-electron chi connectivity index (χ2n) is 4.96. The number of hydrogen-bond acceptors (Lipinski definition) is 0. The van der Waals surface area contributed by atoms with Crippen molar-refractivity contribution in [3.63, 3.8) is 0 Å². The van der Waals surface area contributed by atoms with Crippen molar-refractivity contribution in [3.8, 4) is 0 Å².